The maximum absolute atomic E-state index is 11.9. The monoisotopic (exact) mass is 239 g/mol. The molecule has 0 bridgehead atoms. The van der Waals surface area contributed by atoms with Crippen molar-refractivity contribution in [2.45, 2.75) is 13.0 Å². The van der Waals surface area contributed by atoms with Crippen molar-refractivity contribution in [3.63, 3.8) is 0 Å². The van der Waals surface area contributed by atoms with Crippen LogP contribution in [0, 0.1) is 0 Å². The summed E-state index contributed by atoms with van der Waals surface area (Å²) in [6, 6.07) is 5.81. The van der Waals surface area contributed by atoms with Crippen LogP contribution in [0.25, 0.3) is 10.9 Å². The Morgan fingerprint density at radius 2 is 2.17 bits per heavy atom. The SMILES string of the molecule is O=C1CNc2c3c(nc4cccc1c24)CNCC3. The van der Waals surface area contributed by atoms with E-state index in [4.69, 9.17) is 4.98 Å². The lowest BCUT2D eigenvalue weighted by atomic mass is 9.93. The highest BCUT2D eigenvalue weighted by molar-refractivity contribution is 6.16. The van der Waals surface area contributed by atoms with Gasteiger partial charge >= 0.3 is 0 Å². The first-order valence-corrected chi connectivity index (χ1v) is 6.27. The number of pyridine rings is 1. The first-order valence-electron chi connectivity index (χ1n) is 6.27. The maximum atomic E-state index is 11.9. The molecule has 0 aliphatic carbocycles. The Hall–Kier alpha value is -1.94. The molecule has 2 aliphatic rings. The van der Waals surface area contributed by atoms with Crippen LogP contribution in [0.5, 0.6) is 0 Å². The molecule has 0 fully saturated rings. The Balaban J connectivity index is 2.15. The number of anilines is 1. The molecule has 2 N–H and O–H groups in total. The van der Waals surface area contributed by atoms with Gasteiger partial charge in [-0.3, -0.25) is 9.78 Å². The van der Waals surface area contributed by atoms with Gasteiger partial charge < -0.3 is 10.6 Å². The third-order valence-electron chi connectivity index (χ3n) is 3.77. The Morgan fingerprint density at radius 3 is 3.11 bits per heavy atom. The Bertz CT molecular complexity index is 678. The third-order valence-corrected chi connectivity index (χ3v) is 3.77. The minimum Gasteiger partial charge on any atom is -0.377 e. The van der Waals surface area contributed by atoms with Crippen LogP contribution >= 0.6 is 0 Å². The fraction of sp³-hybridized carbons (Fsp3) is 0.286. The molecule has 0 atom stereocenters. The molecule has 3 heterocycles. The van der Waals surface area contributed by atoms with E-state index in [1.54, 1.807) is 0 Å². The summed E-state index contributed by atoms with van der Waals surface area (Å²) in [4.78, 5) is 16.6. The van der Waals surface area contributed by atoms with E-state index in [9.17, 15) is 4.79 Å². The first kappa shape index (κ1) is 10.0. The fourth-order valence-electron chi connectivity index (χ4n) is 2.93. The lowest BCUT2D eigenvalue weighted by molar-refractivity contribution is 0.101. The minimum atomic E-state index is 0.156. The zero-order chi connectivity index (χ0) is 12.1. The molecular formula is C14H13N3O. The summed E-state index contributed by atoms with van der Waals surface area (Å²) < 4.78 is 0. The van der Waals surface area contributed by atoms with E-state index in [2.05, 4.69) is 10.6 Å². The van der Waals surface area contributed by atoms with E-state index in [1.807, 2.05) is 18.2 Å². The largest absolute Gasteiger partial charge is 0.377 e. The van der Waals surface area contributed by atoms with Crippen LogP contribution in [0.2, 0.25) is 0 Å². The normalized spacial score (nSPS) is 17.4. The van der Waals surface area contributed by atoms with Crippen LogP contribution in [0.15, 0.2) is 18.2 Å². The molecule has 0 radical (unpaired) electrons. The second-order valence-electron chi connectivity index (χ2n) is 4.82. The smallest absolute Gasteiger partial charge is 0.182 e. The zero-order valence-corrected chi connectivity index (χ0v) is 9.92. The van der Waals surface area contributed by atoms with Gasteiger partial charge in [0.25, 0.3) is 0 Å². The van der Waals surface area contributed by atoms with Crippen molar-refractivity contribution in [2.75, 3.05) is 18.4 Å². The predicted molar refractivity (Wildman–Crippen MR) is 70.0 cm³/mol. The molecule has 0 spiro atoms. The molecule has 0 unspecified atom stereocenters. The summed E-state index contributed by atoms with van der Waals surface area (Å²) in [5.41, 5.74) is 5.26. The maximum Gasteiger partial charge on any atom is 0.182 e. The van der Waals surface area contributed by atoms with Crippen LogP contribution in [0.3, 0.4) is 0 Å². The Morgan fingerprint density at radius 1 is 1.22 bits per heavy atom. The van der Waals surface area contributed by atoms with Crippen LogP contribution in [-0.2, 0) is 13.0 Å². The molecule has 2 aromatic rings. The number of Topliss-reactive ketones (excluding diaryl/α,β-unsaturated/α-hetero) is 1. The molecule has 2 aliphatic heterocycles. The number of carbonyl (C=O) groups is 1. The average Bonchev–Trinajstić information content (AvgIpc) is 2.42. The van der Waals surface area contributed by atoms with Gasteiger partial charge in [0.05, 0.1) is 17.8 Å². The van der Waals surface area contributed by atoms with Gasteiger partial charge in [-0.25, -0.2) is 0 Å². The highest BCUT2D eigenvalue weighted by atomic mass is 16.1. The van der Waals surface area contributed by atoms with Gasteiger partial charge in [0.1, 0.15) is 0 Å². The zero-order valence-electron chi connectivity index (χ0n) is 9.92. The van der Waals surface area contributed by atoms with Crippen molar-refractivity contribution in [1.29, 1.82) is 0 Å². The van der Waals surface area contributed by atoms with Crippen molar-refractivity contribution in [3.05, 3.63) is 35.0 Å². The topological polar surface area (TPSA) is 54.0 Å². The standard InChI is InChI=1S/C14H13N3O/c18-12-7-16-14-8-4-5-15-6-11(8)17-10-3-1-2-9(12)13(10)14/h1-3,15-16H,4-7H2. The molecule has 18 heavy (non-hydrogen) atoms. The summed E-state index contributed by atoms with van der Waals surface area (Å²) in [6.45, 7) is 2.19. The molecule has 0 saturated heterocycles. The van der Waals surface area contributed by atoms with Crippen molar-refractivity contribution in [3.8, 4) is 0 Å². The van der Waals surface area contributed by atoms with E-state index in [1.165, 1.54) is 5.56 Å². The van der Waals surface area contributed by atoms with E-state index in [0.29, 0.717) is 6.54 Å². The predicted octanol–water partition coefficient (Wildman–Crippen LogP) is 1.49. The van der Waals surface area contributed by atoms with E-state index >= 15 is 0 Å². The molecule has 4 nitrogen and oxygen atoms in total. The molecule has 1 aromatic carbocycles. The number of nitrogens with one attached hydrogen (secondary N) is 2. The highest BCUT2D eigenvalue weighted by Gasteiger charge is 2.24. The number of ketones is 1. The number of fused-ring (bicyclic) bond motifs is 2. The van der Waals surface area contributed by atoms with Gasteiger partial charge in [-0.05, 0) is 19.0 Å². The second-order valence-corrected chi connectivity index (χ2v) is 4.82. The number of aromatic nitrogens is 1. The van der Waals surface area contributed by atoms with E-state index in [0.717, 1.165) is 47.4 Å². The van der Waals surface area contributed by atoms with Gasteiger partial charge in [-0.1, -0.05) is 12.1 Å². The number of rotatable bonds is 0. The summed E-state index contributed by atoms with van der Waals surface area (Å²) in [5, 5.41) is 7.64. The highest BCUT2D eigenvalue weighted by Crippen LogP contribution is 2.35. The number of hydrogen-bond donors (Lipinski definition) is 2. The summed E-state index contributed by atoms with van der Waals surface area (Å²) in [6.07, 6.45) is 0.975. The average molecular weight is 239 g/mol. The summed E-state index contributed by atoms with van der Waals surface area (Å²) in [7, 11) is 0. The molecule has 0 amide bonds. The lowest BCUT2D eigenvalue weighted by Gasteiger charge is -2.25. The van der Waals surface area contributed by atoms with Crippen molar-refractivity contribution < 1.29 is 4.79 Å². The molecular weight excluding hydrogens is 226 g/mol. The first-order chi connectivity index (χ1) is 8.84. The van der Waals surface area contributed by atoms with Gasteiger partial charge in [0, 0.05) is 28.7 Å². The van der Waals surface area contributed by atoms with Crippen LogP contribution < -0.4 is 10.6 Å². The number of carbonyl (C=O) groups excluding carboxylic acids is 1. The minimum absolute atomic E-state index is 0.156. The van der Waals surface area contributed by atoms with Crippen molar-refractivity contribution in [1.82, 2.24) is 10.3 Å². The third kappa shape index (κ3) is 1.24. The quantitative estimate of drug-likeness (QED) is 0.731. The lowest BCUT2D eigenvalue weighted by Crippen LogP contribution is -2.28. The summed E-state index contributed by atoms with van der Waals surface area (Å²) in [5.74, 6) is 0.156. The van der Waals surface area contributed by atoms with Crippen LogP contribution in [0.4, 0.5) is 5.69 Å². The summed E-state index contributed by atoms with van der Waals surface area (Å²) >= 11 is 0. The number of nitrogens with zero attached hydrogens (tertiary/aromatic N) is 1. The number of hydrogen-bond acceptors (Lipinski definition) is 4. The van der Waals surface area contributed by atoms with Gasteiger partial charge in [-0.15, -0.1) is 0 Å². The van der Waals surface area contributed by atoms with Crippen molar-refractivity contribution in [2.24, 2.45) is 0 Å². The van der Waals surface area contributed by atoms with Crippen LogP contribution in [-0.4, -0.2) is 23.9 Å². The molecule has 0 saturated carbocycles. The van der Waals surface area contributed by atoms with Crippen molar-refractivity contribution >= 4 is 22.4 Å². The molecule has 90 valence electrons. The van der Waals surface area contributed by atoms with E-state index in [-0.39, 0.29) is 5.78 Å². The Labute approximate surface area is 104 Å². The molecule has 1 aromatic heterocycles. The second kappa shape index (κ2) is 3.53. The van der Waals surface area contributed by atoms with Gasteiger partial charge in [-0.2, -0.15) is 0 Å². The Kier molecular flexibility index (Phi) is 1.96. The number of benzene rings is 1. The van der Waals surface area contributed by atoms with Crippen LogP contribution in [0.1, 0.15) is 21.6 Å². The fourth-order valence-corrected chi connectivity index (χ4v) is 2.93. The van der Waals surface area contributed by atoms with E-state index < -0.39 is 0 Å². The van der Waals surface area contributed by atoms with Gasteiger partial charge in [0.15, 0.2) is 5.78 Å². The molecule has 4 heteroatoms. The molecule has 4 rings (SSSR count). The van der Waals surface area contributed by atoms with Gasteiger partial charge in [0.2, 0.25) is 0 Å².